The second kappa shape index (κ2) is 7.55. The first-order valence-corrected chi connectivity index (χ1v) is 8.64. The Morgan fingerprint density at radius 1 is 1.36 bits per heavy atom. The largest absolute Gasteiger partial charge is 0.452 e. The van der Waals surface area contributed by atoms with E-state index in [1.54, 1.807) is 6.92 Å². The number of carbonyl (C=O) groups is 2. The van der Waals surface area contributed by atoms with Gasteiger partial charge in [0.2, 0.25) is 0 Å². The van der Waals surface area contributed by atoms with Gasteiger partial charge in [-0.25, -0.2) is 9.97 Å². The highest BCUT2D eigenvalue weighted by Crippen LogP contribution is 2.27. The first-order valence-electron chi connectivity index (χ1n) is 6.78. The van der Waals surface area contributed by atoms with Gasteiger partial charge in [0.15, 0.2) is 6.10 Å². The predicted octanol–water partition coefficient (Wildman–Crippen LogP) is 2.24. The van der Waals surface area contributed by atoms with Crippen LogP contribution in [0.5, 0.6) is 0 Å². The molecule has 1 amide bonds. The molecule has 118 valence electrons. The molecular weight excluding hydrogens is 322 g/mol. The number of hydrogen-bond acceptors (Lipinski definition) is 7. The quantitative estimate of drug-likeness (QED) is 0.494. The fourth-order valence-electron chi connectivity index (χ4n) is 1.70. The average molecular weight is 339 g/mol. The Kier molecular flexibility index (Phi) is 5.73. The Morgan fingerprint density at radius 2 is 2.14 bits per heavy atom. The molecule has 0 aliphatic heterocycles. The number of carbonyl (C=O) groups excluding carboxylic acids is 2. The average Bonchev–Trinajstić information content (AvgIpc) is 2.93. The van der Waals surface area contributed by atoms with Gasteiger partial charge in [-0.1, -0.05) is 11.8 Å². The van der Waals surface area contributed by atoms with Crippen molar-refractivity contribution in [2.24, 2.45) is 0 Å². The minimum atomic E-state index is -0.804. The topological polar surface area (TPSA) is 81.2 Å². The molecule has 0 bridgehead atoms. The van der Waals surface area contributed by atoms with Crippen molar-refractivity contribution in [1.29, 1.82) is 0 Å². The van der Waals surface area contributed by atoms with Crippen molar-refractivity contribution in [1.82, 2.24) is 15.3 Å². The van der Waals surface area contributed by atoms with Gasteiger partial charge in [-0.2, -0.15) is 0 Å². The SMILES string of the molecule is CC(C)NC(=O)[C@@H](C)OC(=O)CSc1ncnc2sccc12. The highest BCUT2D eigenvalue weighted by molar-refractivity contribution is 8.00. The standard InChI is InChI=1S/C14H17N3O3S2/c1-8(2)17-12(19)9(3)20-11(18)6-22-14-10-4-5-21-13(10)15-7-16-14/h4-5,7-9H,6H2,1-3H3,(H,17,19)/t9-/m1/s1. The lowest BCUT2D eigenvalue weighted by Crippen LogP contribution is -2.39. The number of amides is 1. The van der Waals surface area contributed by atoms with Crippen molar-refractivity contribution in [2.75, 3.05) is 5.75 Å². The molecule has 0 radical (unpaired) electrons. The maximum atomic E-state index is 11.8. The lowest BCUT2D eigenvalue weighted by molar-refractivity contribution is -0.152. The van der Waals surface area contributed by atoms with Gasteiger partial charge in [0, 0.05) is 11.4 Å². The molecule has 2 aromatic rings. The van der Waals surface area contributed by atoms with E-state index in [9.17, 15) is 9.59 Å². The summed E-state index contributed by atoms with van der Waals surface area (Å²) in [5.74, 6) is -0.643. The highest BCUT2D eigenvalue weighted by Gasteiger charge is 2.18. The Labute approximate surface area is 136 Å². The number of thiophene rings is 1. The van der Waals surface area contributed by atoms with Gasteiger partial charge < -0.3 is 10.1 Å². The second-order valence-electron chi connectivity index (χ2n) is 4.90. The summed E-state index contributed by atoms with van der Waals surface area (Å²) in [5, 5.41) is 6.30. The number of esters is 1. The van der Waals surface area contributed by atoms with Crippen LogP contribution in [0.25, 0.3) is 10.2 Å². The first-order chi connectivity index (χ1) is 10.5. The van der Waals surface area contributed by atoms with Crippen LogP contribution in [-0.4, -0.2) is 39.7 Å². The van der Waals surface area contributed by atoms with E-state index in [0.29, 0.717) is 0 Å². The van der Waals surface area contributed by atoms with E-state index in [4.69, 9.17) is 4.74 Å². The number of rotatable bonds is 6. The Balaban J connectivity index is 1.88. The third kappa shape index (κ3) is 4.41. The van der Waals surface area contributed by atoms with Crippen LogP contribution in [0.4, 0.5) is 0 Å². The van der Waals surface area contributed by atoms with E-state index >= 15 is 0 Å². The monoisotopic (exact) mass is 339 g/mol. The van der Waals surface area contributed by atoms with Crippen molar-refractivity contribution in [2.45, 2.75) is 37.9 Å². The molecule has 2 aromatic heterocycles. The van der Waals surface area contributed by atoms with Crippen molar-refractivity contribution in [3.8, 4) is 0 Å². The summed E-state index contributed by atoms with van der Waals surface area (Å²) in [7, 11) is 0. The van der Waals surface area contributed by atoms with E-state index in [1.807, 2.05) is 25.3 Å². The third-order valence-electron chi connectivity index (χ3n) is 2.66. The summed E-state index contributed by atoms with van der Waals surface area (Å²) in [5.41, 5.74) is 0. The number of ether oxygens (including phenoxy) is 1. The molecule has 0 spiro atoms. The minimum absolute atomic E-state index is 0.0101. The fraction of sp³-hybridized carbons (Fsp3) is 0.429. The van der Waals surface area contributed by atoms with Crippen LogP contribution in [0.1, 0.15) is 20.8 Å². The molecule has 2 heterocycles. The van der Waals surface area contributed by atoms with Gasteiger partial charge in [0.25, 0.3) is 5.91 Å². The smallest absolute Gasteiger partial charge is 0.317 e. The first kappa shape index (κ1) is 16.7. The van der Waals surface area contributed by atoms with Crippen LogP contribution < -0.4 is 5.32 Å². The maximum absolute atomic E-state index is 11.8. The molecule has 2 rings (SSSR count). The van der Waals surface area contributed by atoms with Crippen molar-refractivity contribution in [3.63, 3.8) is 0 Å². The Morgan fingerprint density at radius 3 is 2.86 bits per heavy atom. The normalized spacial score (nSPS) is 12.4. The number of nitrogens with one attached hydrogen (secondary N) is 1. The summed E-state index contributed by atoms with van der Waals surface area (Å²) >= 11 is 2.80. The van der Waals surface area contributed by atoms with Crippen LogP contribution in [-0.2, 0) is 14.3 Å². The summed E-state index contributed by atoms with van der Waals surface area (Å²) < 4.78 is 5.12. The maximum Gasteiger partial charge on any atom is 0.317 e. The molecule has 6 nitrogen and oxygen atoms in total. The molecule has 0 aromatic carbocycles. The van der Waals surface area contributed by atoms with Crippen LogP contribution in [0.15, 0.2) is 22.8 Å². The number of aromatic nitrogens is 2. The summed E-state index contributed by atoms with van der Waals surface area (Å²) in [6, 6.07) is 1.93. The minimum Gasteiger partial charge on any atom is -0.452 e. The zero-order chi connectivity index (χ0) is 16.1. The van der Waals surface area contributed by atoms with Crippen molar-refractivity contribution in [3.05, 3.63) is 17.8 Å². The number of nitrogens with zero attached hydrogens (tertiary/aromatic N) is 2. The molecular formula is C14H17N3O3S2. The Bertz CT molecular complexity index is 672. The van der Waals surface area contributed by atoms with Crippen molar-refractivity contribution < 1.29 is 14.3 Å². The summed E-state index contributed by atoms with van der Waals surface area (Å²) in [6.07, 6.45) is 0.674. The zero-order valence-corrected chi connectivity index (χ0v) is 14.2. The van der Waals surface area contributed by atoms with Gasteiger partial charge in [0.1, 0.15) is 16.2 Å². The highest BCUT2D eigenvalue weighted by atomic mass is 32.2. The van der Waals surface area contributed by atoms with E-state index in [2.05, 4.69) is 15.3 Å². The van der Waals surface area contributed by atoms with Gasteiger partial charge >= 0.3 is 5.97 Å². The molecule has 0 fully saturated rings. The number of hydrogen-bond donors (Lipinski definition) is 1. The van der Waals surface area contributed by atoms with E-state index in [0.717, 1.165) is 15.2 Å². The molecule has 0 aliphatic carbocycles. The molecule has 1 N–H and O–H groups in total. The lowest BCUT2D eigenvalue weighted by atomic mass is 10.3. The van der Waals surface area contributed by atoms with Gasteiger partial charge in [-0.15, -0.1) is 11.3 Å². The number of fused-ring (bicyclic) bond motifs is 1. The van der Waals surface area contributed by atoms with E-state index in [-0.39, 0.29) is 17.7 Å². The Hall–Kier alpha value is -1.67. The van der Waals surface area contributed by atoms with E-state index < -0.39 is 12.1 Å². The molecule has 1 atom stereocenters. The van der Waals surface area contributed by atoms with Crippen LogP contribution >= 0.6 is 23.1 Å². The van der Waals surface area contributed by atoms with Crippen LogP contribution in [0.3, 0.4) is 0 Å². The summed E-state index contributed by atoms with van der Waals surface area (Å²) in [6.45, 7) is 5.26. The van der Waals surface area contributed by atoms with Crippen molar-refractivity contribution >= 4 is 45.2 Å². The second-order valence-corrected chi connectivity index (χ2v) is 6.76. The van der Waals surface area contributed by atoms with Gasteiger partial charge in [-0.3, -0.25) is 9.59 Å². The van der Waals surface area contributed by atoms with Gasteiger partial charge in [-0.05, 0) is 32.2 Å². The van der Waals surface area contributed by atoms with E-state index in [1.165, 1.54) is 29.4 Å². The fourth-order valence-corrected chi connectivity index (χ4v) is 3.26. The van der Waals surface area contributed by atoms with Crippen LogP contribution in [0.2, 0.25) is 0 Å². The van der Waals surface area contributed by atoms with Gasteiger partial charge in [0.05, 0.1) is 5.75 Å². The summed E-state index contributed by atoms with van der Waals surface area (Å²) in [4.78, 5) is 32.7. The van der Waals surface area contributed by atoms with Crippen LogP contribution in [0, 0.1) is 0 Å². The predicted molar refractivity (Wildman–Crippen MR) is 87.0 cm³/mol. The lowest BCUT2D eigenvalue weighted by Gasteiger charge is -2.15. The molecule has 0 aliphatic rings. The molecule has 0 unspecified atom stereocenters. The molecule has 0 saturated heterocycles. The molecule has 22 heavy (non-hydrogen) atoms. The molecule has 0 saturated carbocycles. The molecule has 8 heteroatoms. The number of thioether (sulfide) groups is 1. The zero-order valence-electron chi connectivity index (χ0n) is 12.5. The third-order valence-corrected chi connectivity index (χ3v) is 4.46.